The summed E-state index contributed by atoms with van der Waals surface area (Å²) >= 11 is 1.86. The molecule has 8 aromatic carbocycles. The van der Waals surface area contributed by atoms with Crippen molar-refractivity contribution in [2.75, 3.05) is 4.90 Å². The first-order chi connectivity index (χ1) is 27.2. The van der Waals surface area contributed by atoms with Gasteiger partial charge in [-0.2, -0.15) is 0 Å². The fourth-order valence-corrected chi connectivity index (χ4v) is 9.62. The third-order valence-electron chi connectivity index (χ3n) is 11.2. The smallest absolute Gasteiger partial charge is 0.137 e. The van der Waals surface area contributed by atoms with Crippen LogP contribution in [0, 0.1) is 0 Å². The maximum atomic E-state index is 6.45. The lowest BCUT2D eigenvalue weighted by molar-refractivity contribution is 0.669. The van der Waals surface area contributed by atoms with Gasteiger partial charge in [-0.05, 0) is 112 Å². The van der Waals surface area contributed by atoms with Crippen molar-refractivity contribution in [1.82, 2.24) is 0 Å². The van der Waals surface area contributed by atoms with Gasteiger partial charge in [0, 0.05) is 53.9 Å². The van der Waals surface area contributed by atoms with Gasteiger partial charge in [0.1, 0.15) is 11.2 Å². The van der Waals surface area contributed by atoms with Crippen LogP contribution >= 0.6 is 11.3 Å². The number of hydrogen-bond acceptors (Lipinski definition) is 3. The number of fused-ring (bicyclic) bond motifs is 7. The van der Waals surface area contributed by atoms with Crippen LogP contribution in [0.5, 0.6) is 0 Å². The summed E-state index contributed by atoms with van der Waals surface area (Å²) in [5.41, 5.74) is 12.5. The number of furan rings is 1. The van der Waals surface area contributed by atoms with Crippen molar-refractivity contribution in [2.45, 2.75) is 12.8 Å². The van der Waals surface area contributed by atoms with E-state index in [2.05, 4.69) is 181 Å². The highest BCUT2D eigenvalue weighted by Gasteiger charge is 2.20. The van der Waals surface area contributed by atoms with Crippen LogP contribution in [0.2, 0.25) is 0 Å². The topological polar surface area (TPSA) is 16.4 Å². The summed E-state index contributed by atoms with van der Waals surface area (Å²) in [6.45, 7) is 0. The molecule has 0 bridgehead atoms. The SMILES string of the molecule is C1=c2ccccc2=C(c2cccc(-c3ccccc3N(c3ccc(-c4ccc5sc6ccccc6c5c4)cc3)c3ccc4c(c3)oc3ccccc34)c2)CC1. The van der Waals surface area contributed by atoms with Gasteiger partial charge in [-0.25, -0.2) is 0 Å². The Bertz CT molecular complexity index is 3220. The molecule has 0 aliphatic heterocycles. The van der Waals surface area contributed by atoms with E-state index in [0.29, 0.717) is 0 Å². The number of para-hydroxylation sites is 2. The van der Waals surface area contributed by atoms with Crippen LogP contribution < -0.4 is 15.3 Å². The molecule has 2 heterocycles. The average Bonchev–Trinajstić information content (AvgIpc) is 3.82. The van der Waals surface area contributed by atoms with E-state index in [1.807, 2.05) is 23.5 Å². The number of benzene rings is 8. The van der Waals surface area contributed by atoms with Crippen LogP contribution in [0.15, 0.2) is 186 Å². The Balaban J connectivity index is 1.06. The zero-order valence-electron chi connectivity index (χ0n) is 30.1. The summed E-state index contributed by atoms with van der Waals surface area (Å²) in [4.78, 5) is 2.38. The molecule has 0 saturated carbocycles. The highest BCUT2D eigenvalue weighted by Crippen LogP contribution is 2.44. The van der Waals surface area contributed by atoms with Crippen molar-refractivity contribution in [3.05, 3.63) is 198 Å². The first kappa shape index (κ1) is 31.8. The largest absolute Gasteiger partial charge is 0.456 e. The van der Waals surface area contributed by atoms with E-state index in [1.54, 1.807) is 0 Å². The van der Waals surface area contributed by atoms with E-state index in [4.69, 9.17) is 4.42 Å². The highest BCUT2D eigenvalue weighted by molar-refractivity contribution is 7.25. The molecule has 11 rings (SSSR count). The first-order valence-electron chi connectivity index (χ1n) is 19.0. The van der Waals surface area contributed by atoms with Crippen LogP contribution in [-0.4, -0.2) is 0 Å². The second kappa shape index (κ2) is 13.0. The van der Waals surface area contributed by atoms with Gasteiger partial charge >= 0.3 is 0 Å². The van der Waals surface area contributed by atoms with Crippen LogP contribution in [0.25, 0.3) is 76.0 Å². The van der Waals surface area contributed by atoms with E-state index in [9.17, 15) is 0 Å². The standard InChI is InChI=1S/C52H35NOS/c1-2-15-41-35(11-1)12-10-19-42(41)37-13-9-14-38(31-37)43-16-3-6-20-48(43)53(40-28-29-45-44-17-4-7-21-49(44)54-50(45)33-40)39-26-23-34(24-27-39)36-25-30-52-47(32-36)46-18-5-8-22-51(46)55-52/h1-9,11-18,20-33H,10,19H2. The van der Waals surface area contributed by atoms with E-state index >= 15 is 0 Å². The molecule has 10 aromatic rings. The molecule has 2 aromatic heterocycles. The molecule has 260 valence electrons. The predicted molar refractivity (Wildman–Crippen MR) is 234 cm³/mol. The van der Waals surface area contributed by atoms with Gasteiger partial charge < -0.3 is 9.32 Å². The minimum absolute atomic E-state index is 0.875. The maximum absolute atomic E-state index is 6.45. The van der Waals surface area contributed by atoms with Gasteiger partial charge in [0.2, 0.25) is 0 Å². The maximum Gasteiger partial charge on any atom is 0.137 e. The average molecular weight is 722 g/mol. The Morgan fingerprint density at radius 1 is 0.455 bits per heavy atom. The van der Waals surface area contributed by atoms with Gasteiger partial charge in [0.15, 0.2) is 0 Å². The summed E-state index contributed by atoms with van der Waals surface area (Å²) in [7, 11) is 0. The highest BCUT2D eigenvalue weighted by atomic mass is 32.1. The summed E-state index contributed by atoms with van der Waals surface area (Å²) in [6.07, 6.45) is 4.45. The molecule has 0 N–H and O–H groups in total. The van der Waals surface area contributed by atoms with E-state index in [0.717, 1.165) is 51.8 Å². The van der Waals surface area contributed by atoms with E-state index < -0.39 is 0 Å². The van der Waals surface area contributed by atoms with Crippen molar-refractivity contribution in [3.63, 3.8) is 0 Å². The van der Waals surface area contributed by atoms with Crippen molar-refractivity contribution < 1.29 is 4.42 Å². The second-order valence-corrected chi connectivity index (χ2v) is 15.5. The van der Waals surface area contributed by atoms with Crippen molar-refractivity contribution in [1.29, 1.82) is 0 Å². The van der Waals surface area contributed by atoms with Crippen LogP contribution in [0.4, 0.5) is 17.1 Å². The third-order valence-corrected chi connectivity index (χ3v) is 12.3. The zero-order valence-corrected chi connectivity index (χ0v) is 30.9. The minimum atomic E-state index is 0.875. The van der Waals surface area contributed by atoms with Crippen molar-refractivity contribution in [3.8, 4) is 22.3 Å². The molecule has 0 radical (unpaired) electrons. The second-order valence-electron chi connectivity index (χ2n) is 14.4. The van der Waals surface area contributed by atoms with Crippen LogP contribution in [0.1, 0.15) is 18.4 Å². The summed E-state index contributed by atoms with van der Waals surface area (Å²) < 4.78 is 9.09. The van der Waals surface area contributed by atoms with Gasteiger partial charge in [0.25, 0.3) is 0 Å². The zero-order chi connectivity index (χ0) is 36.3. The van der Waals surface area contributed by atoms with Crippen molar-refractivity contribution >= 4 is 82.2 Å². The Hall–Kier alpha value is -6.68. The Morgan fingerprint density at radius 2 is 1.18 bits per heavy atom. The van der Waals surface area contributed by atoms with Crippen molar-refractivity contribution in [2.24, 2.45) is 0 Å². The number of rotatable bonds is 6. The summed E-state index contributed by atoms with van der Waals surface area (Å²) in [5.74, 6) is 0. The molecule has 0 atom stereocenters. The summed E-state index contributed by atoms with van der Waals surface area (Å²) in [5, 5.41) is 7.55. The van der Waals surface area contributed by atoms with Gasteiger partial charge in [-0.15, -0.1) is 11.3 Å². The fraction of sp³-hybridized carbons (Fsp3) is 0.0385. The Kier molecular flexibility index (Phi) is 7.53. The van der Waals surface area contributed by atoms with E-state index in [1.165, 1.54) is 64.0 Å². The number of thiophene rings is 1. The molecule has 55 heavy (non-hydrogen) atoms. The lowest BCUT2D eigenvalue weighted by atomic mass is 9.91. The lowest BCUT2D eigenvalue weighted by Gasteiger charge is -2.28. The monoisotopic (exact) mass is 721 g/mol. The molecule has 2 nitrogen and oxygen atoms in total. The van der Waals surface area contributed by atoms with Crippen LogP contribution in [-0.2, 0) is 0 Å². The quantitative estimate of drug-likeness (QED) is 0.170. The third kappa shape index (κ3) is 5.47. The molecule has 1 aliphatic rings. The van der Waals surface area contributed by atoms with Gasteiger partial charge in [0.05, 0.1) is 5.69 Å². The lowest BCUT2D eigenvalue weighted by Crippen LogP contribution is -2.29. The molecule has 0 saturated heterocycles. The molecule has 0 amide bonds. The van der Waals surface area contributed by atoms with E-state index in [-0.39, 0.29) is 0 Å². The molecular formula is C52H35NOS. The van der Waals surface area contributed by atoms with Gasteiger partial charge in [-0.3, -0.25) is 0 Å². The molecule has 1 aliphatic carbocycles. The summed E-state index contributed by atoms with van der Waals surface area (Å²) in [6, 6.07) is 66.2. The first-order valence-corrected chi connectivity index (χ1v) is 19.8. The molecular weight excluding hydrogens is 687 g/mol. The molecule has 3 heteroatoms. The number of anilines is 3. The van der Waals surface area contributed by atoms with Crippen LogP contribution in [0.3, 0.4) is 0 Å². The minimum Gasteiger partial charge on any atom is -0.456 e. The van der Waals surface area contributed by atoms with Gasteiger partial charge in [-0.1, -0.05) is 121 Å². The number of nitrogens with zero attached hydrogens (tertiary/aromatic N) is 1. The molecule has 0 fully saturated rings. The predicted octanol–water partition coefficient (Wildman–Crippen LogP) is 13.5. The molecule has 0 spiro atoms. The normalized spacial score (nSPS) is 12.7. The fourth-order valence-electron chi connectivity index (χ4n) is 8.53. The Morgan fingerprint density at radius 3 is 2.13 bits per heavy atom. The Labute approximate surface area is 323 Å². The molecule has 0 unspecified atom stereocenters. The number of hydrogen-bond donors (Lipinski definition) is 0.